The van der Waals surface area contributed by atoms with Crippen LogP contribution in [0.5, 0.6) is 0 Å². The lowest BCUT2D eigenvalue weighted by molar-refractivity contribution is -0.0337. The van der Waals surface area contributed by atoms with Crippen molar-refractivity contribution in [2.24, 2.45) is 0 Å². The van der Waals surface area contributed by atoms with Crippen LogP contribution >= 0.6 is 11.6 Å². The Hall–Kier alpha value is -0.800. The molecule has 94 valence electrons. The standard InChI is InChI=1S/C13H17ClFNO/c1-8-5-11(6-9(2)17-8)16-13-4-3-10(15)7-12(13)14/h3-4,7-9,11,16H,5-6H2,1-2H3. The summed E-state index contributed by atoms with van der Waals surface area (Å²) in [4.78, 5) is 0. The first-order valence-corrected chi connectivity index (χ1v) is 6.29. The van der Waals surface area contributed by atoms with E-state index in [-0.39, 0.29) is 18.0 Å². The van der Waals surface area contributed by atoms with E-state index in [0.29, 0.717) is 11.1 Å². The van der Waals surface area contributed by atoms with Gasteiger partial charge in [0.15, 0.2) is 0 Å². The molecule has 2 nitrogen and oxygen atoms in total. The third-order valence-electron chi connectivity index (χ3n) is 2.99. The largest absolute Gasteiger partial charge is 0.381 e. The number of rotatable bonds is 2. The van der Waals surface area contributed by atoms with Gasteiger partial charge in [0.25, 0.3) is 0 Å². The van der Waals surface area contributed by atoms with Crippen LogP contribution in [0.4, 0.5) is 10.1 Å². The lowest BCUT2D eigenvalue weighted by Gasteiger charge is -2.33. The summed E-state index contributed by atoms with van der Waals surface area (Å²) in [6, 6.07) is 4.76. The molecule has 4 heteroatoms. The maximum atomic E-state index is 12.9. The molecule has 1 aromatic carbocycles. The Morgan fingerprint density at radius 1 is 1.29 bits per heavy atom. The Bertz CT molecular complexity index is 389. The highest BCUT2D eigenvalue weighted by Crippen LogP contribution is 2.27. The minimum atomic E-state index is -0.311. The van der Waals surface area contributed by atoms with Gasteiger partial charge >= 0.3 is 0 Å². The Balaban J connectivity index is 2.04. The first-order chi connectivity index (χ1) is 8.04. The second kappa shape index (κ2) is 5.23. The van der Waals surface area contributed by atoms with Crippen molar-refractivity contribution in [2.45, 2.75) is 44.9 Å². The van der Waals surface area contributed by atoms with Crippen LogP contribution in [-0.2, 0) is 4.74 Å². The fourth-order valence-electron chi connectivity index (χ4n) is 2.35. The third-order valence-corrected chi connectivity index (χ3v) is 3.30. The fraction of sp³-hybridized carbons (Fsp3) is 0.538. The Morgan fingerprint density at radius 3 is 2.53 bits per heavy atom. The zero-order chi connectivity index (χ0) is 12.4. The SMILES string of the molecule is CC1CC(Nc2ccc(F)cc2Cl)CC(C)O1. The Morgan fingerprint density at radius 2 is 1.94 bits per heavy atom. The van der Waals surface area contributed by atoms with Gasteiger partial charge in [-0.2, -0.15) is 0 Å². The predicted octanol–water partition coefficient (Wildman–Crippen LogP) is 3.85. The highest BCUT2D eigenvalue weighted by atomic mass is 35.5. The number of hydrogen-bond donors (Lipinski definition) is 1. The number of benzene rings is 1. The van der Waals surface area contributed by atoms with Gasteiger partial charge < -0.3 is 10.1 Å². The third kappa shape index (κ3) is 3.33. The van der Waals surface area contributed by atoms with Gasteiger partial charge in [0.05, 0.1) is 22.9 Å². The summed E-state index contributed by atoms with van der Waals surface area (Å²) in [5.41, 5.74) is 0.791. The summed E-state index contributed by atoms with van der Waals surface area (Å²) in [5, 5.41) is 3.79. The molecule has 0 saturated carbocycles. The average Bonchev–Trinajstić information content (AvgIpc) is 2.21. The summed E-state index contributed by atoms with van der Waals surface area (Å²) in [5.74, 6) is -0.311. The first-order valence-electron chi connectivity index (χ1n) is 5.91. The monoisotopic (exact) mass is 257 g/mol. The van der Waals surface area contributed by atoms with Gasteiger partial charge in [-0.05, 0) is 44.9 Å². The van der Waals surface area contributed by atoms with Crippen LogP contribution in [0.25, 0.3) is 0 Å². The van der Waals surface area contributed by atoms with Gasteiger partial charge in [-0.25, -0.2) is 4.39 Å². The highest BCUT2D eigenvalue weighted by molar-refractivity contribution is 6.33. The molecule has 0 aromatic heterocycles. The highest BCUT2D eigenvalue weighted by Gasteiger charge is 2.24. The molecule has 1 aliphatic heterocycles. The van der Waals surface area contributed by atoms with E-state index in [1.165, 1.54) is 12.1 Å². The van der Waals surface area contributed by atoms with E-state index < -0.39 is 0 Å². The molecule has 0 bridgehead atoms. The van der Waals surface area contributed by atoms with Crippen LogP contribution in [-0.4, -0.2) is 18.2 Å². The predicted molar refractivity (Wildman–Crippen MR) is 68.1 cm³/mol. The van der Waals surface area contributed by atoms with E-state index in [1.54, 1.807) is 6.07 Å². The maximum Gasteiger partial charge on any atom is 0.124 e. The molecule has 0 amide bonds. The van der Waals surface area contributed by atoms with Gasteiger partial charge in [-0.3, -0.25) is 0 Å². The molecule has 2 atom stereocenters. The smallest absolute Gasteiger partial charge is 0.124 e. The number of ether oxygens (including phenoxy) is 1. The van der Waals surface area contributed by atoms with Crippen molar-refractivity contribution in [3.63, 3.8) is 0 Å². The average molecular weight is 258 g/mol. The second-order valence-corrected chi connectivity index (χ2v) is 5.10. The van der Waals surface area contributed by atoms with Crippen molar-refractivity contribution in [3.8, 4) is 0 Å². The van der Waals surface area contributed by atoms with Crippen LogP contribution in [0.2, 0.25) is 5.02 Å². The van der Waals surface area contributed by atoms with Crippen molar-refractivity contribution in [3.05, 3.63) is 29.0 Å². The molecule has 0 spiro atoms. The lowest BCUT2D eigenvalue weighted by Crippen LogP contribution is -2.36. The molecule has 1 heterocycles. The van der Waals surface area contributed by atoms with Crippen molar-refractivity contribution in [2.75, 3.05) is 5.32 Å². The van der Waals surface area contributed by atoms with Crippen LogP contribution in [0.3, 0.4) is 0 Å². The number of hydrogen-bond acceptors (Lipinski definition) is 2. The minimum Gasteiger partial charge on any atom is -0.381 e. The maximum absolute atomic E-state index is 12.9. The van der Waals surface area contributed by atoms with Crippen LogP contribution in [0.1, 0.15) is 26.7 Å². The van der Waals surface area contributed by atoms with Crippen molar-refractivity contribution < 1.29 is 9.13 Å². The van der Waals surface area contributed by atoms with E-state index in [2.05, 4.69) is 19.2 Å². The molecule has 1 aromatic rings. The number of nitrogens with one attached hydrogen (secondary N) is 1. The summed E-state index contributed by atoms with van der Waals surface area (Å²) in [6.07, 6.45) is 2.38. The van der Waals surface area contributed by atoms with Gasteiger partial charge in [0, 0.05) is 6.04 Å². The van der Waals surface area contributed by atoms with Gasteiger partial charge in [0.1, 0.15) is 5.82 Å². The molecule has 0 aliphatic carbocycles. The molecule has 17 heavy (non-hydrogen) atoms. The van der Waals surface area contributed by atoms with E-state index >= 15 is 0 Å². The molecule has 1 fully saturated rings. The van der Waals surface area contributed by atoms with Crippen molar-refractivity contribution in [1.29, 1.82) is 0 Å². The van der Waals surface area contributed by atoms with Crippen LogP contribution in [0, 0.1) is 5.82 Å². The van der Waals surface area contributed by atoms with E-state index in [9.17, 15) is 4.39 Å². The van der Waals surface area contributed by atoms with Gasteiger partial charge in [0.2, 0.25) is 0 Å². The molecule has 1 aliphatic rings. The van der Waals surface area contributed by atoms with E-state index in [4.69, 9.17) is 16.3 Å². The molecule has 1 saturated heterocycles. The summed E-state index contributed by atoms with van der Waals surface area (Å²) in [6.45, 7) is 4.13. The molecular formula is C13H17ClFNO. The molecule has 1 N–H and O–H groups in total. The van der Waals surface area contributed by atoms with Crippen LogP contribution in [0.15, 0.2) is 18.2 Å². The molecule has 2 unspecified atom stereocenters. The van der Waals surface area contributed by atoms with Gasteiger partial charge in [-0.1, -0.05) is 11.6 Å². The number of halogens is 2. The van der Waals surface area contributed by atoms with Crippen molar-refractivity contribution in [1.82, 2.24) is 0 Å². The second-order valence-electron chi connectivity index (χ2n) is 4.69. The van der Waals surface area contributed by atoms with E-state index in [1.807, 2.05) is 0 Å². The Labute approximate surface area is 106 Å². The van der Waals surface area contributed by atoms with Crippen LogP contribution < -0.4 is 5.32 Å². The summed E-state index contributed by atoms with van der Waals surface area (Å²) < 4.78 is 18.6. The van der Waals surface area contributed by atoms with Gasteiger partial charge in [-0.15, -0.1) is 0 Å². The molecule has 2 rings (SSSR count). The number of anilines is 1. The normalized spacial score (nSPS) is 29.1. The zero-order valence-corrected chi connectivity index (χ0v) is 10.8. The topological polar surface area (TPSA) is 21.3 Å². The molecular weight excluding hydrogens is 241 g/mol. The fourth-order valence-corrected chi connectivity index (χ4v) is 2.57. The quantitative estimate of drug-likeness (QED) is 0.869. The Kier molecular flexibility index (Phi) is 3.89. The summed E-state index contributed by atoms with van der Waals surface area (Å²) >= 11 is 5.99. The van der Waals surface area contributed by atoms with Crippen molar-refractivity contribution >= 4 is 17.3 Å². The molecule has 0 radical (unpaired) electrons. The minimum absolute atomic E-state index is 0.246. The lowest BCUT2D eigenvalue weighted by atomic mass is 9.99. The first kappa shape index (κ1) is 12.7. The zero-order valence-electron chi connectivity index (χ0n) is 10.0. The summed E-state index contributed by atoms with van der Waals surface area (Å²) in [7, 11) is 0. The van der Waals surface area contributed by atoms with E-state index in [0.717, 1.165) is 18.5 Å².